The van der Waals surface area contributed by atoms with Crippen molar-refractivity contribution in [1.29, 1.82) is 0 Å². The molecule has 2 aromatic carbocycles. The first-order valence-electron chi connectivity index (χ1n) is 7.56. The first-order valence-corrected chi connectivity index (χ1v) is 7.56. The van der Waals surface area contributed by atoms with Gasteiger partial charge in [-0.3, -0.25) is 9.59 Å². The minimum Gasteiger partial charge on any atom is -0.497 e. The van der Waals surface area contributed by atoms with Crippen LogP contribution in [0.25, 0.3) is 22.2 Å². The zero-order valence-electron chi connectivity index (χ0n) is 13.8. The van der Waals surface area contributed by atoms with Gasteiger partial charge in [-0.2, -0.15) is 0 Å². The molecule has 0 atom stereocenters. The summed E-state index contributed by atoms with van der Waals surface area (Å²) < 4.78 is 7.11. The molecule has 0 unspecified atom stereocenters. The molecule has 0 saturated heterocycles. The molecule has 0 bridgehead atoms. The van der Waals surface area contributed by atoms with Gasteiger partial charge in [0.2, 0.25) is 11.3 Å². The highest BCUT2D eigenvalue weighted by atomic mass is 16.5. The molecule has 0 fully saturated rings. The summed E-state index contributed by atoms with van der Waals surface area (Å²) in [7, 11) is 3.48. The molecular weight excluding hydrogens is 304 g/mol. The van der Waals surface area contributed by atoms with Crippen LogP contribution in [0, 0.1) is 0 Å². The number of methoxy groups -OCH3 is 1. The zero-order chi connectivity index (χ0) is 17.3. The van der Waals surface area contributed by atoms with Gasteiger partial charge in [-0.15, -0.1) is 0 Å². The smallest absolute Gasteiger partial charge is 0.221 e. The lowest BCUT2D eigenvalue weighted by molar-refractivity contribution is -0.114. The molecule has 1 heterocycles. The van der Waals surface area contributed by atoms with Crippen LogP contribution < -0.4 is 15.5 Å². The molecule has 3 aromatic rings. The molecular formula is C19H18N2O3. The number of nitrogens with zero attached hydrogens (tertiary/aromatic N) is 1. The number of hydrogen-bond acceptors (Lipinski definition) is 3. The van der Waals surface area contributed by atoms with Gasteiger partial charge in [-0.1, -0.05) is 12.1 Å². The third-order valence-electron chi connectivity index (χ3n) is 3.97. The Hall–Kier alpha value is -3.08. The summed E-state index contributed by atoms with van der Waals surface area (Å²) >= 11 is 0. The number of hydrogen-bond donors (Lipinski definition) is 1. The summed E-state index contributed by atoms with van der Waals surface area (Å²) in [6, 6.07) is 14.7. The third kappa shape index (κ3) is 2.65. The second kappa shape index (κ2) is 6.20. The zero-order valence-corrected chi connectivity index (χ0v) is 13.8. The van der Waals surface area contributed by atoms with Crippen LogP contribution in [0.3, 0.4) is 0 Å². The summed E-state index contributed by atoms with van der Waals surface area (Å²) in [5.74, 6) is 0.447. The van der Waals surface area contributed by atoms with Gasteiger partial charge in [-0.25, -0.2) is 0 Å². The molecule has 0 aliphatic carbocycles. The Kier molecular flexibility index (Phi) is 4.08. The van der Waals surface area contributed by atoms with Gasteiger partial charge < -0.3 is 14.6 Å². The first-order chi connectivity index (χ1) is 11.5. The summed E-state index contributed by atoms with van der Waals surface area (Å²) in [5.41, 5.74) is 2.39. The SMILES string of the molecule is COc1ccc(-c2c(NC(C)=O)c(=O)c3ccccc3n2C)cc1. The summed E-state index contributed by atoms with van der Waals surface area (Å²) in [5, 5.41) is 3.27. The topological polar surface area (TPSA) is 60.3 Å². The number of fused-ring (bicyclic) bond motifs is 1. The van der Waals surface area contributed by atoms with Gasteiger partial charge in [0, 0.05) is 24.9 Å². The van der Waals surface area contributed by atoms with Crippen LogP contribution in [0.1, 0.15) is 6.92 Å². The summed E-state index contributed by atoms with van der Waals surface area (Å²) in [4.78, 5) is 24.5. The molecule has 0 spiro atoms. The van der Waals surface area contributed by atoms with E-state index in [9.17, 15) is 9.59 Å². The predicted molar refractivity (Wildman–Crippen MR) is 95.5 cm³/mol. The van der Waals surface area contributed by atoms with E-state index in [4.69, 9.17) is 4.74 Å². The van der Waals surface area contributed by atoms with Gasteiger partial charge in [-0.05, 0) is 36.4 Å². The highest BCUT2D eigenvalue weighted by Crippen LogP contribution is 2.30. The van der Waals surface area contributed by atoms with Gasteiger partial charge in [0.05, 0.1) is 18.3 Å². The average molecular weight is 322 g/mol. The van der Waals surface area contributed by atoms with E-state index in [1.165, 1.54) is 6.92 Å². The lowest BCUT2D eigenvalue weighted by atomic mass is 10.1. The standard InChI is InChI=1S/C19H18N2O3/c1-12(22)20-17-18(13-8-10-14(24-3)11-9-13)21(2)16-7-5-4-6-15(16)19(17)23/h4-11H,1-3H3,(H,20,22). The van der Waals surface area contributed by atoms with Crippen LogP contribution in [0.2, 0.25) is 0 Å². The van der Waals surface area contributed by atoms with E-state index in [0.29, 0.717) is 11.1 Å². The number of ether oxygens (including phenoxy) is 1. The van der Waals surface area contributed by atoms with Crippen molar-refractivity contribution in [2.24, 2.45) is 7.05 Å². The fourth-order valence-corrected chi connectivity index (χ4v) is 2.87. The number of anilines is 1. The Bertz CT molecular complexity index is 972. The minimum absolute atomic E-state index is 0.190. The molecule has 1 amide bonds. The van der Waals surface area contributed by atoms with Crippen LogP contribution in [0.5, 0.6) is 5.75 Å². The lowest BCUT2D eigenvalue weighted by Gasteiger charge is -2.18. The Morgan fingerprint density at radius 1 is 1.08 bits per heavy atom. The number of pyridine rings is 1. The number of aromatic nitrogens is 1. The number of para-hydroxylation sites is 1. The van der Waals surface area contributed by atoms with Crippen molar-refractivity contribution < 1.29 is 9.53 Å². The van der Waals surface area contributed by atoms with Crippen molar-refractivity contribution in [3.8, 4) is 17.0 Å². The maximum Gasteiger partial charge on any atom is 0.221 e. The second-order valence-electron chi connectivity index (χ2n) is 5.54. The molecule has 24 heavy (non-hydrogen) atoms. The molecule has 1 aromatic heterocycles. The summed E-state index contributed by atoms with van der Waals surface area (Å²) in [6.45, 7) is 1.40. The number of aryl methyl sites for hydroxylation is 1. The monoisotopic (exact) mass is 322 g/mol. The Morgan fingerprint density at radius 3 is 2.38 bits per heavy atom. The predicted octanol–water partition coefficient (Wildman–Crippen LogP) is 3.17. The van der Waals surface area contributed by atoms with E-state index in [1.807, 2.05) is 54.1 Å². The first kappa shape index (κ1) is 15.8. The van der Waals surface area contributed by atoms with E-state index in [2.05, 4.69) is 5.32 Å². The van der Waals surface area contributed by atoms with Crippen molar-refractivity contribution in [1.82, 2.24) is 4.57 Å². The minimum atomic E-state index is -0.280. The molecule has 1 N–H and O–H groups in total. The fraction of sp³-hybridized carbons (Fsp3) is 0.158. The molecule has 0 saturated carbocycles. The highest BCUT2D eigenvalue weighted by molar-refractivity contribution is 5.97. The largest absolute Gasteiger partial charge is 0.497 e. The Labute approximate surface area is 139 Å². The van der Waals surface area contributed by atoms with Crippen molar-refractivity contribution in [2.75, 3.05) is 12.4 Å². The second-order valence-corrected chi connectivity index (χ2v) is 5.54. The molecule has 0 aliphatic heterocycles. The van der Waals surface area contributed by atoms with Crippen LogP contribution >= 0.6 is 0 Å². The summed E-state index contributed by atoms with van der Waals surface area (Å²) in [6.07, 6.45) is 0. The number of carbonyl (C=O) groups excluding carboxylic acids is 1. The molecule has 0 aliphatic rings. The quantitative estimate of drug-likeness (QED) is 0.806. The number of rotatable bonds is 3. The van der Waals surface area contributed by atoms with Gasteiger partial charge >= 0.3 is 0 Å². The Morgan fingerprint density at radius 2 is 1.75 bits per heavy atom. The lowest BCUT2D eigenvalue weighted by Crippen LogP contribution is -2.20. The number of benzene rings is 2. The number of nitrogens with one attached hydrogen (secondary N) is 1. The van der Waals surface area contributed by atoms with Crippen molar-refractivity contribution in [3.63, 3.8) is 0 Å². The highest BCUT2D eigenvalue weighted by Gasteiger charge is 2.17. The van der Waals surface area contributed by atoms with Gasteiger partial charge in [0.15, 0.2) is 0 Å². The van der Waals surface area contributed by atoms with Gasteiger partial charge in [0.1, 0.15) is 11.4 Å². The van der Waals surface area contributed by atoms with Crippen LogP contribution in [-0.2, 0) is 11.8 Å². The normalized spacial score (nSPS) is 10.6. The van der Waals surface area contributed by atoms with E-state index in [0.717, 1.165) is 16.8 Å². The molecule has 5 heteroatoms. The maximum atomic E-state index is 12.9. The van der Waals surface area contributed by atoms with E-state index < -0.39 is 0 Å². The fourth-order valence-electron chi connectivity index (χ4n) is 2.87. The van der Waals surface area contributed by atoms with Crippen LogP contribution in [0.15, 0.2) is 53.3 Å². The van der Waals surface area contributed by atoms with Crippen molar-refractivity contribution in [3.05, 3.63) is 58.8 Å². The average Bonchev–Trinajstić information content (AvgIpc) is 2.59. The molecule has 5 nitrogen and oxygen atoms in total. The molecule has 3 rings (SSSR count). The third-order valence-corrected chi connectivity index (χ3v) is 3.97. The van der Waals surface area contributed by atoms with Crippen LogP contribution in [-0.4, -0.2) is 17.6 Å². The van der Waals surface area contributed by atoms with Crippen LogP contribution in [0.4, 0.5) is 5.69 Å². The maximum absolute atomic E-state index is 12.9. The van der Waals surface area contributed by atoms with Crippen molar-refractivity contribution >= 4 is 22.5 Å². The van der Waals surface area contributed by atoms with Crippen molar-refractivity contribution in [2.45, 2.75) is 6.92 Å². The van der Waals surface area contributed by atoms with E-state index in [-0.39, 0.29) is 17.0 Å². The van der Waals surface area contributed by atoms with E-state index in [1.54, 1.807) is 13.2 Å². The molecule has 122 valence electrons. The Balaban J connectivity index is 2.37. The van der Waals surface area contributed by atoms with E-state index >= 15 is 0 Å². The number of carbonyl (C=O) groups is 1. The number of amides is 1. The van der Waals surface area contributed by atoms with Gasteiger partial charge in [0.25, 0.3) is 0 Å². The molecule has 0 radical (unpaired) electrons.